The van der Waals surface area contributed by atoms with Gasteiger partial charge < -0.3 is 9.47 Å². The summed E-state index contributed by atoms with van der Waals surface area (Å²) in [5.74, 6) is 4.31. The molecule has 0 aliphatic carbocycles. The van der Waals surface area contributed by atoms with Gasteiger partial charge in [-0.1, -0.05) is 80.1 Å². The van der Waals surface area contributed by atoms with Crippen LogP contribution in [-0.2, 0) is 0 Å². The molecule has 0 aliphatic rings. The summed E-state index contributed by atoms with van der Waals surface area (Å²) in [6, 6.07) is 5.47. The molecule has 30 heavy (non-hydrogen) atoms. The van der Waals surface area contributed by atoms with E-state index in [2.05, 4.69) is 41.5 Å². The Balaban J connectivity index is 2.45. The predicted molar refractivity (Wildman–Crippen MR) is 128 cm³/mol. The highest BCUT2D eigenvalue weighted by atomic mass is 16.5. The molecule has 0 saturated heterocycles. The van der Waals surface area contributed by atoms with Gasteiger partial charge in [-0.3, -0.25) is 4.79 Å². The third-order valence-electron chi connectivity index (χ3n) is 5.80. The van der Waals surface area contributed by atoms with Crippen LogP contribution in [0.15, 0.2) is 18.2 Å². The highest BCUT2D eigenvalue weighted by Crippen LogP contribution is 2.29. The van der Waals surface area contributed by atoms with E-state index in [0.29, 0.717) is 36.4 Å². The third kappa shape index (κ3) is 12.2. The topological polar surface area (TPSA) is 35.5 Å². The van der Waals surface area contributed by atoms with Crippen LogP contribution in [0.4, 0.5) is 0 Å². The van der Waals surface area contributed by atoms with Crippen molar-refractivity contribution in [1.29, 1.82) is 0 Å². The van der Waals surface area contributed by atoms with Crippen molar-refractivity contribution < 1.29 is 14.3 Å². The largest absolute Gasteiger partial charge is 0.490 e. The van der Waals surface area contributed by atoms with E-state index in [1.165, 1.54) is 38.5 Å². The minimum Gasteiger partial charge on any atom is -0.490 e. The molecule has 0 spiro atoms. The van der Waals surface area contributed by atoms with Crippen LogP contribution in [0, 0.1) is 23.7 Å². The van der Waals surface area contributed by atoms with Crippen LogP contribution >= 0.6 is 0 Å². The molecule has 0 fully saturated rings. The van der Waals surface area contributed by atoms with E-state index < -0.39 is 0 Å². The monoisotopic (exact) mass is 418 g/mol. The highest BCUT2D eigenvalue weighted by Gasteiger charge is 2.10. The van der Waals surface area contributed by atoms with E-state index in [9.17, 15) is 4.79 Å². The Morgan fingerprint density at radius 1 is 0.700 bits per heavy atom. The van der Waals surface area contributed by atoms with Gasteiger partial charge >= 0.3 is 0 Å². The SMILES string of the molecule is CC(C)CCCC(C)CCOc1ccc(C=O)cc1OCCC(C)CCCC(C)C. The fourth-order valence-corrected chi connectivity index (χ4v) is 3.61. The molecule has 2 unspecified atom stereocenters. The van der Waals surface area contributed by atoms with Crippen molar-refractivity contribution in [3.8, 4) is 11.5 Å². The van der Waals surface area contributed by atoms with Crippen LogP contribution in [-0.4, -0.2) is 19.5 Å². The summed E-state index contributed by atoms with van der Waals surface area (Å²) < 4.78 is 12.1. The second-order valence-corrected chi connectivity index (χ2v) is 9.96. The van der Waals surface area contributed by atoms with E-state index in [0.717, 1.165) is 36.7 Å². The van der Waals surface area contributed by atoms with E-state index >= 15 is 0 Å². The zero-order chi connectivity index (χ0) is 22.4. The van der Waals surface area contributed by atoms with Gasteiger partial charge in [-0.25, -0.2) is 0 Å². The Kier molecular flexibility index (Phi) is 13.5. The maximum absolute atomic E-state index is 11.2. The molecule has 0 heterocycles. The van der Waals surface area contributed by atoms with Crippen molar-refractivity contribution >= 4 is 6.29 Å². The quantitative estimate of drug-likeness (QED) is 0.241. The summed E-state index contributed by atoms with van der Waals surface area (Å²) in [6.07, 6.45) is 10.6. The molecule has 2 atom stereocenters. The Hall–Kier alpha value is -1.51. The second-order valence-electron chi connectivity index (χ2n) is 9.96. The first-order chi connectivity index (χ1) is 14.3. The molecule has 1 aromatic rings. The van der Waals surface area contributed by atoms with E-state index in [1.54, 1.807) is 12.1 Å². The molecule has 0 radical (unpaired) electrons. The van der Waals surface area contributed by atoms with Crippen molar-refractivity contribution in [3.05, 3.63) is 23.8 Å². The summed E-state index contributed by atoms with van der Waals surface area (Å²) in [5, 5.41) is 0. The van der Waals surface area contributed by atoms with E-state index in [-0.39, 0.29) is 0 Å². The Bertz CT molecular complexity index is 579. The molecule has 0 N–H and O–H groups in total. The predicted octanol–water partition coefficient (Wildman–Crippen LogP) is 7.96. The lowest BCUT2D eigenvalue weighted by molar-refractivity contribution is 0.112. The smallest absolute Gasteiger partial charge is 0.161 e. The lowest BCUT2D eigenvalue weighted by atomic mass is 9.97. The molecular formula is C27H46O3. The van der Waals surface area contributed by atoms with Gasteiger partial charge in [0.2, 0.25) is 0 Å². The van der Waals surface area contributed by atoms with Crippen molar-refractivity contribution in [2.75, 3.05) is 13.2 Å². The minimum absolute atomic E-state index is 0.629. The molecular weight excluding hydrogens is 372 g/mol. The van der Waals surface area contributed by atoms with Gasteiger partial charge in [0.25, 0.3) is 0 Å². The fourth-order valence-electron chi connectivity index (χ4n) is 3.61. The lowest BCUT2D eigenvalue weighted by Gasteiger charge is -2.17. The van der Waals surface area contributed by atoms with Gasteiger partial charge in [-0.15, -0.1) is 0 Å². The van der Waals surface area contributed by atoms with Gasteiger partial charge in [0, 0.05) is 5.56 Å². The Labute approximate surface area is 185 Å². The summed E-state index contributed by atoms with van der Waals surface area (Å²) in [7, 11) is 0. The first-order valence-corrected chi connectivity index (χ1v) is 12.2. The van der Waals surface area contributed by atoms with Gasteiger partial charge in [0.05, 0.1) is 13.2 Å². The van der Waals surface area contributed by atoms with Crippen LogP contribution in [0.3, 0.4) is 0 Å². The zero-order valence-electron chi connectivity index (χ0n) is 20.4. The number of hydrogen-bond acceptors (Lipinski definition) is 3. The Morgan fingerprint density at radius 3 is 1.67 bits per heavy atom. The molecule has 0 bridgehead atoms. The fraction of sp³-hybridized carbons (Fsp3) is 0.741. The second kappa shape index (κ2) is 15.3. The highest BCUT2D eigenvalue weighted by molar-refractivity contribution is 5.76. The molecule has 0 aliphatic heterocycles. The van der Waals surface area contributed by atoms with Crippen LogP contribution in [0.2, 0.25) is 0 Å². The number of carbonyl (C=O) groups is 1. The van der Waals surface area contributed by atoms with E-state index in [1.807, 2.05) is 6.07 Å². The van der Waals surface area contributed by atoms with Crippen LogP contribution < -0.4 is 9.47 Å². The number of hydrogen-bond donors (Lipinski definition) is 0. The summed E-state index contributed by atoms with van der Waals surface area (Å²) >= 11 is 0. The molecule has 1 aromatic carbocycles. The van der Waals surface area contributed by atoms with Gasteiger partial charge in [-0.05, 0) is 54.7 Å². The number of aldehydes is 1. The minimum atomic E-state index is 0.629. The summed E-state index contributed by atoms with van der Waals surface area (Å²) in [4.78, 5) is 11.2. The first kappa shape index (κ1) is 26.5. The molecule has 0 saturated carbocycles. The van der Waals surface area contributed by atoms with Crippen LogP contribution in [0.25, 0.3) is 0 Å². The zero-order valence-corrected chi connectivity index (χ0v) is 20.4. The normalized spacial score (nSPS) is 13.5. The first-order valence-electron chi connectivity index (χ1n) is 12.2. The third-order valence-corrected chi connectivity index (χ3v) is 5.80. The van der Waals surface area contributed by atoms with Gasteiger partial charge in [0.1, 0.15) is 6.29 Å². The van der Waals surface area contributed by atoms with Crippen LogP contribution in [0.1, 0.15) is 103 Å². The molecule has 0 aromatic heterocycles. The van der Waals surface area contributed by atoms with Crippen molar-refractivity contribution in [2.45, 2.75) is 92.9 Å². The number of ether oxygens (including phenoxy) is 2. The van der Waals surface area contributed by atoms with Gasteiger partial charge in [-0.2, -0.15) is 0 Å². The number of rotatable bonds is 17. The maximum atomic E-state index is 11.2. The van der Waals surface area contributed by atoms with Crippen molar-refractivity contribution in [3.63, 3.8) is 0 Å². The summed E-state index contributed by atoms with van der Waals surface area (Å²) in [5.41, 5.74) is 0.629. The molecule has 3 heteroatoms. The molecule has 1 rings (SSSR count). The molecule has 0 amide bonds. The van der Waals surface area contributed by atoms with Crippen LogP contribution in [0.5, 0.6) is 11.5 Å². The number of carbonyl (C=O) groups excluding carboxylic acids is 1. The van der Waals surface area contributed by atoms with E-state index in [4.69, 9.17) is 9.47 Å². The van der Waals surface area contributed by atoms with Gasteiger partial charge in [0.15, 0.2) is 11.5 Å². The average molecular weight is 419 g/mol. The average Bonchev–Trinajstić information content (AvgIpc) is 2.68. The lowest BCUT2D eigenvalue weighted by Crippen LogP contribution is -2.08. The summed E-state index contributed by atoms with van der Waals surface area (Å²) in [6.45, 7) is 15.1. The standard InChI is InChI=1S/C27H46O3/c1-21(2)9-7-11-23(5)15-17-29-26-14-13-25(20-28)19-27(26)30-18-16-24(6)12-8-10-22(3)4/h13-14,19-24H,7-12,15-18H2,1-6H3. The molecule has 172 valence electrons. The maximum Gasteiger partial charge on any atom is 0.161 e. The Morgan fingerprint density at radius 2 is 1.20 bits per heavy atom. The van der Waals surface area contributed by atoms with Crippen molar-refractivity contribution in [2.24, 2.45) is 23.7 Å². The number of benzene rings is 1. The molecule has 3 nitrogen and oxygen atoms in total. The van der Waals surface area contributed by atoms with Crippen molar-refractivity contribution in [1.82, 2.24) is 0 Å².